The van der Waals surface area contributed by atoms with Gasteiger partial charge < -0.3 is 9.64 Å². The lowest BCUT2D eigenvalue weighted by atomic mass is 10.1. The summed E-state index contributed by atoms with van der Waals surface area (Å²) in [7, 11) is 0. The summed E-state index contributed by atoms with van der Waals surface area (Å²) in [5.41, 5.74) is 1.69. The van der Waals surface area contributed by atoms with Crippen molar-refractivity contribution in [3.05, 3.63) is 67.1 Å². The molecule has 3 aromatic heterocycles. The van der Waals surface area contributed by atoms with Crippen molar-refractivity contribution < 1.29 is 4.74 Å². The molecular weight excluding hydrogens is 350 g/mol. The van der Waals surface area contributed by atoms with Crippen molar-refractivity contribution in [2.45, 2.75) is 19.3 Å². The Kier molecular flexibility index (Phi) is 4.37. The predicted molar refractivity (Wildman–Crippen MR) is 109 cm³/mol. The fourth-order valence-corrected chi connectivity index (χ4v) is 3.58. The lowest BCUT2D eigenvalue weighted by molar-refractivity contribution is 0.479. The molecule has 1 aliphatic rings. The van der Waals surface area contributed by atoms with Gasteiger partial charge in [0, 0.05) is 19.3 Å². The Balaban J connectivity index is 1.49. The molecule has 0 aliphatic carbocycles. The number of fused-ring (bicyclic) bond motifs is 1. The number of ether oxygens (including phenoxy) is 1. The molecule has 0 saturated carbocycles. The highest BCUT2D eigenvalue weighted by atomic mass is 16.5. The van der Waals surface area contributed by atoms with Crippen LogP contribution in [-0.4, -0.2) is 32.4 Å². The van der Waals surface area contributed by atoms with Gasteiger partial charge in [0.1, 0.15) is 28.7 Å². The van der Waals surface area contributed by atoms with Crippen LogP contribution in [-0.2, 0) is 0 Å². The number of rotatable bonds is 4. The van der Waals surface area contributed by atoms with Crippen LogP contribution in [0.25, 0.3) is 17.2 Å². The molecule has 0 radical (unpaired) electrons. The highest BCUT2D eigenvalue weighted by Gasteiger charge is 2.15. The zero-order valence-corrected chi connectivity index (χ0v) is 15.5. The molecule has 1 fully saturated rings. The quantitative estimate of drug-likeness (QED) is 0.526. The highest BCUT2D eigenvalue weighted by Crippen LogP contribution is 2.26. The minimum absolute atomic E-state index is 0.674. The molecule has 1 aliphatic heterocycles. The van der Waals surface area contributed by atoms with E-state index in [0.717, 1.165) is 41.7 Å². The SMILES string of the molecule is c1ccc(Oc2ccc3ncc(-c4nccc(N5CCCCC5)n4)n3c2)cc1. The van der Waals surface area contributed by atoms with Crippen molar-refractivity contribution in [2.24, 2.45) is 0 Å². The first-order valence-electron chi connectivity index (χ1n) is 9.65. The maximum absolute atomic E-state index is 5.97. The van der Waals surface area contributed by atoms with E-state index in [2.05, 4.69) is 14.9 Å². The fourth-order valence-electron chi connectivity index (χ4n) is 3.58. The summed E-state index contributed by atoms with van der Waals surface area (Å²) in [5, 5.41) is 0. The monoisotopic (exact) mass is 371 g/mol. The molecule has 0 spiro atoms. The van der Waals surface area contributed by atoms with E-state index < -0.39 is 0 Å². The number of aromatic nitrogens is 4. The Bertz CT molecular complexity index is 1090. The second-order valence-corrected chi connectivity index (χ2v) is 6.94. The minimum Gasteiger partial charge on any atom is -0.456 e. The minimum atomic E-state index is 0.674. The second kappa shape index (κ2) is 7.31. The number of pyridine rings is 1. The largest absolute Gasteiger partial charge is 0.456 e. The van der Waals surface area contributed by atoms with Crippen LogP contribution in [0.4, 0.5) is 5.82 Å². The number of benzene rings is 1. The van der Waals surface area contributed by atoms with E-state index in [-0.39, 0.29) is 0 Å². The molecule has 28 heavy (non-hydrogen) atoms. The van der Waals surface area contributed by atoms with Crippen LogP contribution in [0.2, 0.25) is 0 Å². The molecule has 140 valence electrons. The van der Waals surface area contributed by atoms with Gasteiger partial charge >= 0.3 is 0 Å². The van der Waals surface area contributed by atoms with E-state index in [4.69, 9.17) is 9.72 Å². The average Bonchev–Trinajstić information content (AvgIpc) is 3.18. The molecule has 0 bridgehead atoms. The molecule has 0 N–H and O–H groups in total. The molecule has 5 rings (SSSR count). The maximum atomic E-state index is 5.97. The number of hydrogen-bond acceptors (Lipinski definition) is 5. The van der Waals surface area contributed by atoms with Gasteiger partial charge in [0.25, 0.3) is 0 Å². The van der Waals surface area contributed by atoms with Gasteiger partial charge in [-0.15, -0.1) is 0 Å². The van der Waals surface area contributed by atoms with E-state index in [0.29, 0.717) is 5.82 Å². The number of piperidine rings is 1. The van der Waals surface area contributed by atoms with Gasteiger partial charge in [-0.1, -0.05) is 18.2 Å². The standard InChI is InChI=1S/C22H21N5O/c1-3-7-17(8-4-1)28-18-9-10-20-24-15-19(27(20)16-18)22-23-12-11-21(25-22)26-13-5-2-6-14-26/h1,3-4,7-12,15-16H,2,5-6,13-14H2. The Morgan fingerprint density at radius 3 is 2.54 bits per heavy atom. The summed E-state index contributed by atoms with van der Waals surface area (Å²) in [5.74, 6) is 3.20. The topological polar surface area (TPSA) is 55.6 Å². The third-order valence-electron chi connectivity index (χ3n) is 5.01. The first-order chi connectivity index (χ1) is 13.9. The van der Waals surface area contributed by atoms with E-state index in [1.807, 2.05) is 71.5 Å². The molecule has 4 heterocycles. The Hall–Kier alpha value is -3.41. The summed E-state index contributed by atoms with van der Waals surface area (Å²) >= 11 is 0. The molecule has 1 saturated heterocycles. The van der Waals surface area contributed by atoms with Crippen LogP contribution in [0, 0.1) is 0 Å². The van der Waals surface area contributed by atoms with Crippen LogP contribution >= 0.6 is 0 Å². The van der Waals surface area contributed by atoms with Crippen LogP contribution in [0.3, 0.4) is 0 Å². The van der Waals surface area contributed by atoms with E-state index >= 15 is 0 Å². The van der Waals surface area contributed by atoms with Crippen LogP contribution in [0.5, 0.6) is 11.5 Å². The maximum Gasteiger partial charge on any atom is 0.180 e. The predicted octanol–water partition coefficient (Wildman–Crippen LogP) is 4.57. The van der Waals surface area contributed by atoms with Crippen LogP contribution in [0.15, 0.2) is 67.1 Å². The number of anilines is 1. The van der Waals surface area contributed by atoms with E-state index in [9.17, 15) is 0 Å². The number of para-hydroxylation sites is 1. The summed E-state index contributed by atoms with van der Waals surface area (Å²) in [6, 6.07) is 15.6. The zero-order chi connectivity index (χ0) is 18.8. The van der Waals surface area contributed by atoms with Gasteiger partial charge in [-0.3, -0.25) is 4.40 Å². The van der Waals surface area contributed by atoms with Crippen LogP contribution < -0.4 is 9.64 Å². The van der Waals surface area contributed by atoms with Gasteiger partial charge in [-0.05, 0) is 49.6 Å². The number of hydrogen-bond donors (Lipinski definition) is 0. The Labute approximate surface area is 163 Å². The summed E-state index contributed by atoms with van der Waals surface area (Å²) in [6.07, 6.45) is 9.31. The van der Waals surface area contributed by atoms with Gasteiger partial charge in [0.2, 0.25) is 0 Å². The highest BCUT2D eigenvalue weighted by molar-refractivity contribution is 5.59. The van der Waals surface area contributed by atoms with Gasteiger partial charge in [-0.2, -0.15) is 0 Å². The third-order valence-corrected chi connectivity index (χ3v) is 5.01. The normalized spacial score (nSPS) is 14.4. The van der Waals surface area contributed by atoms with Crippen molar-refractivity contribution >= 4 is 11.5 Å². The van der Waals surface area contributed by atoms with Crippen LogP contribution in [0.1, 0.15) is 19.3 Å². The molecule has 1 aromatic carbocycles. The second-order valence-electron chi connectivity index (χ2n) is 6.94. The first-order valence-corrected chi connectivity index (χ1v) is 9.65. The zero-order valence-electron chi connectivity index (χ0n) is 15.5. The van der Waals surface area contributed by atoms with E-state index in [1.165, 1.54) is 19.3 Å². The van der Waals surface area contributed by atoms with Gasteiger partial charge in [0.15, 0.2) is 5.82 Å². The first kappa shape index (κ1) is 16.7. The van der Waals surface area contributed by atoms with Crippen molar-refractivity contribution in [2.75, 3.05) is 18.0 Å². The van der Waals surface area contributed by atoms with Crippen molar-refractivity contribution in [1.82, 2.24) is 19.4 Å². The lowest BCUT2D eigenvalue weighted by Gasteiger charge is -2.27. The summed E-state index contributed by atoms with van der Waals surface area (Å²) < 4.78 is 7.95. The van der Waals surface area contributed by atoms with Crippen molar-refractivity contribution in [3.63, 3.8) is 0 Å². The van der Waals surface area contributed by atoms with E-state index in [1.54, 1.807) is 0 Å². The molecule has 6 nitrogen and oxygen atoms in total. The Morgan fingerprint density at radius 1 is 0.821 bits per heavy atom. The third kappa shape index (κ3) is 3.29. The summed E-state index contributed by atoms with van der Waals surface area (Å²) in [4.78, 5) is 16.2. The van der Waals surface area contributed by atoms with Crippen molar-refractivity contribution in [1.29, 1.82) is 0 Å². The molecule has 0 atom stereocenters. The average molecular weight is 371 g/mol. The summed E-state index contributed by atoms with van der Waals surface area (Å²) in [6.45, 7) is 2.11. The smallest absolute Gasteiger partial charge is 0.180 e. The number of nitrogens with zero attached hydrogens (tertiary/aromatic N) is 5. The molecule has 6 heteroatoms. The molecule has 4 aromatic rings. The Morgan fingerprint density at radius 2 is 1.68 bits per heavy atom. The lowest BCUT2D eigenvalue weighted by Crippen LogP contribution is -2.30. The molecular formula is C22H21N5O. The molecule has 0 amide bonds. The van der Waals surface area contributed by atoms with Gasteiger partial charge in [0.05, 0.1) is 12.4 Å². The fraction of sp³-hybridized carbons (Fsp3) is 0.227. The van der Waals surface area contributed by atoms with Gasteiger partial charge in [-0.25, -0.2) is 15.0 Å². The van der Waals surface area contributed by atoms with Crippen molar-refractivity contribution in [3.8, 4) is 23.0 Å². The molecule has 0 unspecified atom stereocenters. The number of imidazole rings is 1.